The molecule has 3 rings (SSSR count). The van der Waals surface area contributed by atoms with Crippen LogP contribution in [0.25, 0.3) is 10.8 Å². The molecule has 0 fully saturated rings. The summed E-state index contributed by atoms with van der Waals surface area (Å²) in [5.74, 6) is -0.447. The first kappa shape index (κ1) is 19.6. The monoisotopic (exact) mass is 396 g/mol. The largest absolute Gasteiger partial charge is 0.451 e. The molecule has 0 saturated carbocycles. The number of nitrogens with zero attached hydrogens (tertiary/aromatic N) is 3. The van der Waals surface area contributed by atoms with Gasteiger partial charge in [-0.05, 0) is 31.4 Å². The number of nitrogens with one attached hydrogen (secondary N) is 1. The predicted molar refractivity (Wildman–Crippen MR) is 106 cm³/mol. The molecule has 1 N–H and O–H groups in total. The molecular weight excluding hydrogens is 376 g/mol. The average molecular weight is 396 g/mol. The van der Waals surface area contributed by atoms with Gasteiger partial charge in [-0.1, -0.05) is 30.3 Å². The van der Waals surface area contributed by atoms with E-state index >= 15 is 0 Å². The molecule has 0 atom stereocenters. The molecule has 8 heteroatoms. The molecule has 0 spiro atoms. The number of thiazole rings is 1. The number of carbonyl (C=O) groups is 2. The van der Waals surface area contributed by atoms with E-state index in [0.717, 1.165) is 24.2 Å². The maximum atomic E-state index is 12.3. The molecule has 2 aromatic heterocycles. The Morgan fingerprint density at radius 3 is 2.61 bits per heavy atom. The number of benzene rings is 1. The molecule has 2 heterocycles. The van der Waals surface area contributed by atoms with Gasteiger partial charge in [0.05, 0.1) is 5.69 Å². The van der Waals surface area contributed by atoms with Gasteiger partial charge in [0.15, 0.2) is 17.4 Å². The number of aromatic nitrogens is 3. The van der Waals surface area contributed by atoms with Gasteiger partial charge in [0, 0.05) is 18.9 Å². The maximum Gasteiger partial charge on any atom is 0.350 e. The summed E-state index contributed by atoms with van der Waals surface area (Å²) < 4.78 is 5.11. The van der Waals surface area contributed by atoms with E-state index in [1.54, 1.807) is 25.4 Å². The number of hydrogen-bond donors (Lipinski definition) is 1. The summed E-state index contributed by atoms with van der Waals surface area (Å²) in [6.45, 7) is 1.92. The molecule has 0 bridgehead atoms. The maximum absolute atomic E-state index is 12.3. The second-order valence-electron chi connectivity index (χ2n) is 6.02. The van der Waals surface area contributed by atoms with Crippen molar-refractivity contribution in [1.29, 1.82) is 0 Å². The minimum absolute atomic E-state index is 0.321. The first-order chi connectivity index (χ1) is 13.6. The van der Waals surface area contributed by atoms with Crippen molar-refractivity contribution in [3.63, 3.8) is 0 Å². The lowest BCUT2D eigenvalue weighted by atomic mass is 10.1. The van der Waals surface area contributed by atoms with Gasteiger partial charge >= 0.3 is 5.97 Å². The van der Waals surface area contributed by atoms with E-state index < -0.39 is 5.97 Å². The van der Waals surface area contributed by atoms with Crippen molar-refractivity contribution in [2.45, 2.75) is 19.8 Å². The number of ether oxygens (including phenoxy) is 1. The van der Waals surface area contributed by atoms with Gasteiger partial charge in [-0.2, -0.15) is 0 Å². The van der Waals surface area contributed by atoms with Crippen molar-refractivity contribution in [2.24, 2.45) is 0 Å². The number of aryl methyl sites for hydroxylation is 2. The third kappa shape index (κ3) is 5.43. The van der Waals surface area contributed by atoms with Gasteiger partial charge in [0.25, 0.3) is 5.91 Å². The number of amides is 1. The SMILES string of the molecule is Cc1nc(-c2ncccn2)sc1C(=O)OCC(=O)NCCCc1ccccc1. The van der Waals surface area contributed by atoms with E-state index in [9.17, 15) is 9.59 Å². The van der Waals surface area contributed by atoms with Crippen LogP contribution in [0, 0.1) is 6.92 Å². The Hall–Kier alpha value is -3.13. The zero-order chi connectivity index (χ0) is 19.8. The van der Waals surface area contributed by atoms with Gasteiger partial charge in [-0.3, -0.25) is 4.79 Å². The fourth-order valence-corrected chi connectivity index (χ4v) is 3.41. The van der Waals surface area contributed by atoms with E-state index in [-0.39, 0.29) is 12.5 Å². The van der Waals surface area contributed by atoms with E-state index in [0.29, 0.717) is 27.9 Å². The Labute approximate surface area is 166 Å². The molecule has 28 heavy (non-hydrogen) atoms. The molecule has 0 radical (unpaired) electrons. The average Bonchev–Trinajstić information content (AvgIpc) is 3.12. The van der Waals surface area contributed by atoms with Gasteiger partial charge in [-0.25, -0.2) is 19.7 Å². The summed E-state index contributed by atoms with van der Waals surface area (Å²) >= 11 is 1.15. The third-order valence-corrected chi connectivity index (χ3v) is 5.01. The minimum Gasteiger partial charge on any atom is -0.451 e. The fourth-order valence-electron chi connectivity index (χ4n) is 2.50. The summed E-state index contributed by atoms with van der Waals surface area (Å²) in [4.78, 5) is 37.0. The van der Waals surface area contributed by atoms with Crippen LogP contribution in [0.2, 0.25) is 0 Å². The molecule has 0 unspecified atom stereocenters. The van der Waals surface area contributed by atoms with Crippen LogP contribution in [0.1, 0.15) is 27.3 Å². The van der Waals surface area contributed by atoms with Gasteiger partial charge in [0.1, 0.15) is 4.88 Å². The van der Waals surface area contributed by atoms with Gasteiger partial charge in [-0.15, -0.1) is 11.3 Å². The Bertz CT molecular complexity index is 929. The lowest BCUT2D eigenvalue weighted by Crippen LogP contribution is -2.29. The van der Waals surface area contributed by atoms with Crippen molar-refractivity contribution in [3.05, 3.63) is 64.9 Å². The summed E-state index contributed by atoms with van der Waals surface area (Å²) in [7, 11) is 0. The van der Waals surface area contributed by atoms with Crippen LogP contribution in [0.4, 0.5) is 0 Å². The summed E-state index contributed by atoms with van der Waals surface area (Å²) in [6, 6.07) is 11.8. The second kappa shape index (κ2) is 9.70. The van der Waals surface area contributed by atoms with Crippen molar-refractivity contribution in [2.75, 3.05) is 13.2 Å². The Morgan fingerprint density at radius 1 is 1.11 bits per heavy atom. The summed E-state index contributed by atoms with van der Waals surface area (Å²) in [5, 5.41) is 3.29. The topological polar surface area (TPSA) is 94.1 Å². The van der Waals surface area contributed by atoms with Crippen LogP contribution in [-0.4, -0.2) is 40.0 Å². The van der Waals surface area contributed by atoms with Crippen molar-refractivity contribution in [3.8, 4) is 10.8 Å². The number of hydrogen-bond acceptors (Lipinski definition) is 7. The second-order valence-corrected chi connectivity index (χ2v) is 7.02. The Kier molecular flexibility index (Phi) is 6.80. The molecule has 1 amide bonds. The van der Waals surface area contributed by atoms with Crippen molar-refractivity contribution < 1.29 is 14.3 Å². The lowest BCUT2D eigenvalue weighted by molar-refractivity contribution is -0.124. The standard InChI is InChI=1S/C20H20N4O3S/c1-14-17(28-19(24-14)18-22-11-6-12-23-18)20(26)27-13-16(25)21-10-5-9-15-7-3-2-4-8-15/h2-4,6-8,11-12H,5,9-10,13H2,1H3,(H,21,25). The molecule has 3 aromatic rings. The number of rotatable bonds is 8. The highest BCUT2D eigenvalue weighted by atomic mass is 32.1. The van der Waals surface area contributed by atoms with Crippen LogP contribution in [0.15, 0.2) is 48.8 Å². The zero-order valence-corrected chi connectivity index (χ0v) is 16.2. The molecule has 0 aliphatic heterocycles. The first-order valence-corrected chi connectivity index (χ1v) is 9.67. The van der Waals surface area contributed by atoms with E-state index in [1.807, 2.05) is 18.2 Å². The molecule has 0 aliphatic rings. The highest BCUT2D eigenvalue weighted by molar-refractivity contribution is 7.16. The smallest absolute Gasteiger partial charge is 0.350 e. The number of esters is 1. The van der Waals surface area contributed by atoms with Crippen LogP contribution in [-0.2, 0) is 16.0 Å². The molecule has 0 saturated heterocycles. The minimum atomic E-state index is -0.573. The van der Waals surface area contributed by atoms with E-state index in [4.69, 9.17) is 4.74 Å². The van der Waals surface area contributed by atoms with E-state index in [2.05, 4.69) is 32.4 Å². The molecular formula is C20H20N4O3S. The third-order valence-electron chi connectivity index (χ3n) is 3.88. The van der Waals surface area contributed by atoms with Crippen molar-refractivity contribution in [1.82, 2.24) is 20.3 Å². The van der Waals surface area contributed by atoms with Crippen molar-refractivity contribution >= 4 is 23.2 Å². The lowest BCUT2D eigenvalue weighted by Gasteiger charge is -2.06. The number of carbonyl (C=O) groups excluding carboxylic acids is 2. The fraction of sp³-hybridized carbons (Fsp3) is 0.250. The predicted octanol–water partition coefficient (Wildman–Crippen LogP) is 2.81. The highest BCUT2D eigenvalue weighted by Crippen LogP contribution is 2.25. The molecule has 144 valence electrons. The van der Waals surface area contributed by atoms with Crippen LogP contribution < -0.4 is 5.32 Å². The Balaban J connectivity index is 1.43. The van der Waals surface area contributed by atoms with Gasteiger partial charge < -0.3 is 10.1 Å². The first-order valence-electron chi connectivity index (χ1n) is 8.86. The Morgan fingerprint density at radius 2 is 1.86 bits per heavy atom. The van der Waals surface area contributed by atoms with Crippen LogP contribution in [0.3, 0.4) is 0 Å². The quantitative estimate of drug-likeness (QED) is 0.465. The molecule has 0 aliphatic carbocycles. The summed E-state index contributed by atoms with van der Waals surface area (Å²) in [5.41, 5.74) is 1.75. The van der Waals surface area contributed by atoms with E-state index in [1.165, 1.54) is 5.56 Å². The molecule has 1 aromatic carbocycles. The zero-order valence-electron chi connectivity index (χ0n) is 15.4. The van der Waals surface area contributed by atoms with Crippen LogP contribution in [0.5, 0.6) is 0 Å². The highest BCUT2D eigenvalue weighted by Gasteiger charge is 2.19. The summed E-state index contributed by atoms with van der Waals surface area (Å²) in [6.07, 6.45) is 4.92. The molecule has 7 nitrogen and oxygen atoms in total. The van der Waals surface area contributed by atoms with Crippen LogP contribution >= 0.6 is 11.3 Å². The normalized spacial score (nSPS) is 10.5. The van der Waals surface area contributed by atoms with Gasteiger partial charge in [0.2, 0.25) is 0 Å².